The molecule has 0 aliphatic carbocycles. The van der Waals surface area contributed by atoms with E-state index in [1.165, 1.54) is 5.56 Å². The Balaban J connectivity index is 1.80. The molecule has 1 aromatic heterocycles. The largest absolute Gasteiger partial charge is 0.348 e. The summed E-state index contributed by atoms with van der Waals surface area (Å²) in [5, 5.41) is 9.66. The van der Waals surface area contributed by atoms with E-state index in [2.05, 4.69) is 49.4 Å². The standard InChI is InChI=1S/C22H27N3O/c1-14-20(15(2)25(6)24-14)13-23-21(26)18-8-7-17-12-19(22(3,4)5)10-9-16(17)11-18/h7-12H,13H2,1-6H3,(H,23,26). The van der Waals surface area contributed by atoms with Crippen molar-refractivity contribution in [2.75, 3.05) is 0 Å². The summed E-state index contributed by atoms with van der Waals surface area (Å²) in [6, 6.07) is 12.3. The molecule has 1 amide bonds. The number of aromatic nitrogens is 2. The number of rotatable bonds is 3. The first-order valence-corrected chi connectivity index (χ1v) is 8.98. The summed E-state index contributed by atoms with van der Waals surface area (Å²) in [5.41, 5.74) is 5.21. The Labute approximate surface area is 155 Å². The van der Waals surface area contributed by atoms with E-state index in [4.69, 9.17) is 0 Å². The number of fused-ring (bicyclic) bond motifs is 1. The molecule has 0 aliphatic heterocycles. The van der Waals surface area contributed by atoms with Crippen LogP contribution >= 0.6 is 0 Å². The molecular weight excluding hydrogens is 322 g/mol. The van der Waals surface area contributed by atoms with Crippen LogP contribution in [0.15, 0.2) is 36.4 Å². The van der Waals surface area contributed by atoms with Crippen LogP contribution in [0.5, 0.6) is 0 Å². The molecule has 2 aromatic carbocycles. The highest BCUT2D eigenvalue weighted by molar-refractivity contribution is 5.98. The van der Waals surface area contributed by atoms with E-state index < -0.39 is 0 Å². The predicted octanol–water partition coefficient (Wildman–Crippen LogP) is 4.42. The number of aryl methyl sites for hydroxylation is 2. The van der Waals surface area contributed by atoms with Crippen molar-refractivity contribution >= 4 is 16.7 Å². The smallest absolute Gasteiger partial charge is 0.251 e. The van der Waals surface area contributed by atoms with Crippen LogP contribution in [0, 0.1) is 13.8 Å². The first-order valence-electron chi connectivity index (χ1n) is 8.98. The summed E-state index contributed by atoms with van der Waals surface area (Å²) >= 11 is 0. The summed E-state index contributed by atoms with van der Waals surface area (Å²) in [7, 11) is 1.92. The number of nitrogens with one attached hydrogen (secondary N) is 1. The number of benzene rings is 2. The molecule has 136 valence electrons. The maximum absolute atomic E-state index is 12.6. The number of carbonyl (C=O) groups excluding carboxylic acids is 1. The molecule has 3 aromatic rings. The first kappa shape index (κ1) is 18.2. The van der Waals surface area contributed by atoms with Gasteiger partial charge in [-0.3, -0.25) is 9.48 Å². The summed E-state index contributed by atoms with van der Waals surface area (Å²) < 4.78 is 1.85. The van der Waals surface area contributed by atoms with Crippen molar-refractivity contribution in [3.63, 3.8) is 0 Å². The van der Waals surface area contributed by atoms with E-state index in [0.717, 1.165) is 27.7 Å². The molecule has 1 N–H and O–H groups in total. The van der Waals surface area contributed by atoms with Crippen LogP contribution in [0.3, 0.4) is 0 Å². The molecule has 1 heterocycles. The van der Waals surface area contributed by atoms with Gasteiger partial charge in [0.15, 0.2) is 0 Å². The van der Waals surface area contributed by atoms with Crippen LogP contribution in [0.4, 0.5) is 0 Å². The molecule has 4 nitrogen and oxygen atoms in total. The van der Waals surface area contributed by atoms with Gasteiger partial charge in [-0.15, -0.1) is 0 Å². The van der Waals surface area contributed by atoms with Gasteiger partial charge in [-0.05, 0) is 47.7 Å². The van der Waals surface area contributed by atoms with E-state index in [0.29, 0.717) is 12.1 Å². The van der Waals surface area contributed by atoms with E-state index >= 15 is 0 Å². The van der Waals surface area contributed by atoms with Gasteiger partial charge in [-0.25, -0.2) is 0 Å². The van der Waals surface area contributed by atoms with Gasteiger partial charge in [0.1, 0.15) is 0 Å². The Bertz CT molecular complexity index is 977. The van der Waals surface area contributed by atoms with Crippen molar-refractivity contribution in [1.29, 1.82) is 0 Å². The Morgan fingerprint density at radius 2 is 1.73 bits per heavy atom. The lowest BCUT2D eigenvalue weighted by atomic mass is 9.86. The molecule has 0 spiro atoms. The highest BCUT2D eigenvalue weighted by Gasteiger charge is 2.15. The number of amides is 1. The van der Waals surface area contributed by atoms with Crippen LogP contribution in [0.25, 0.3) is 10.8 Å². The third-order valence-corrected chi connectivity index (χ3v) is 5.05. The predicted molar refractivity (Wildman–Crippen MR) is 107 cm³/mol. The number of hydrogen-bond donors (Lipinski definition) is 1. The Hall–Kier alpha value is -2.62. The van der Waals surface area contributed by atoms with Crippen molar-refractivity contribution in [3.05, 3.63) is 64.5 Å². The molecule has 4 heteroatoms. The fraction of sp³-hybridized carbons (Fsp3) is 0.364. The zero-order valence-electron chi connectivity index (χ0n) is 16.5. The average molecular weight is 349 g/mol. The van der Waals surface area contributed by atoms with Gasteiger partial charge < -0.3 is 5.32 Å². The highest BCUT2D eigenvalue weighted by Crippen LogP contribution is 2.26. The Morgan fingerprint density at radius 1 is 1.08 bits per heavy atom. The molecule has 0 radical (unpaired) electrons. The van der Waals surface area contributed by atoms with E-state index in [9.17, 15) is 4.79 Å². The van der Waals surface area contributed by atoms with Crippen LogP contribution in [0.2, 0.25) is 0 Å². The van der Waals surface area contributed by atoms with Gasteiger partial charge >= 0.3 is 0 Å². The molecule has 0 saturated heterocycles. The van der Waals surface area contributed by atoms with Crippen LogP contribution in [-0.4, -0.2) is 15.7 Å². The maximum atomic E-state index is 12.6. The summed E-state index contributed by atoms with van der Waals surface area (Å²) in [6.45, 7) is 11.1. The molecule has 26 heavy (non-hydrogen) atoms. The fourth-order valence-corrected chi connectivity index (χ4v) is 3.20. The van der Waals surface area contributed by atoms with E-state index in [1.807, 2.05) is 43.8 Å². The molecule has 0 fully saturated rings. The molecule has 0 aliphatic rings. The lowest BCUT2D eigenvalue weighted by Gasteiger charge is -2.19. The van der Waals surface area contributed by atoms with Crippen LogP contribution < -0.4 is 5.32 Å². The molecular formula is C22H27N3O. The van der Waals surface area contributed by atoms with Gasteiger partial charge in [-0.1, -0.05) is 45.0 Å². The average Bonchev–Trinajstić information content (AvgIpc) is 2.83. The minimum atomic E-state index is -0.0607. The Morgan fingerprint density at radius 3 is 2.35 bits per heavy atom. The normalized spacial score (nSPS) is 11.8. The quantitative estimate of drug-likeness (QED) is 0.761. The minimum absolute atomic E-state index is 0.0607. The molecule has 0 saturated carbocycles. The number of carbonyl (C=O) groups is 1. The van der Waals surface area contributed by atoms with E-state index in [1.54, 1.807) is 0 Å². The van der Waals surface area contributed by atoms with Crippen molar-refractivity contribution in [2.45, 2.75) is 46.6 Å². The fourth-order valence-electron chi connectivity index (χ4n) is 3.20. The van der Waals surface area contributed by atoms with Crippen LogP contribution in [0.1, 0.15) is 53.6 Å². The number of nitrogens with zero attached hydrogens (tertiary/aromatic N) is 2. The van der Waals surface area contributed by atoms with Gasteiger partial charge in [-0.2, -0.15) is 5.10 Å². The van der Waals surface area contributed by atoms with Crippen molar-refractivity contribution in [1.82, 2.24) is 15.1 Å². The monoisotopic (exact) mass is 349 g/mol. The zero-order valence-corrected chi connectivity index (χ0v) is 16.5. The van der Waals surface area contributed by atoms with Gasteiger partial charge in [0, 0.05) is 30.4 Å². The minimum Gasteiger partial charge on any atom is -0.348 e. The summed E-state index contributed by atoms with van der Waals surface area (Å²) in [4.78, 5) is 12.6. The third kappa shape index (κ3) is 3.50. The van der Waals surface area contributed by atoms with Gasteiger partial charge in [0.25, 0.3) is 5.91 Å². The Kier molecular flexibility index (Phi) is 4.61. The highest BCUT2D eigenvalue weighted by atomic mass is 16.1. The zero-order chi connectivity index (χ0) is 19.1. The maximum Gasteiger partial charge on any atom is 0.251 e. The van der Waals surface area contributed by atoms with Gasteiger partial charge in [0.05, 0.1) is 5.69 Å². The third-order valence-electron chi connectivity index (χ3n) is 5.05. The SMILES string of the molecule is Cc1nn(C)c(C)c1CNC(=O)c1ccc2cc(C(C)(C)C)ccc2c1. The van der Waals surface area contributed by atoms with Crippen molar-refractivity contribution < 1.29 is 4.79 Å². The van der Waals surface area contributed by atoms with Crippen molar-refractivity contribution in [2.24, 2.45) is 7.05 Å². The van der Waals surface area contributed by atoms with Crippen molar-refractivity contribution in [3.8, 4) is 0 Å². The summed E-state index contributed by atoms with van der Waals surface area (Å²) in [5.74, 6) is -0.0607. The number of hydrogen-bond acceptors (Lipinski definition) is 2. The molecule has 3 rings (SSSR count). The second-order valence-electron chi connectivity index (χ2n) is 7.98. The molecule has 0 unspecified atom stereocenters. The van der Waals surface area contributed by atoms with Gasteiger partial charge in [0.2, 0.25) is 0 Å². The lowest BCUT2D eigenvalue weighted by molar-refractivity contribution is 0.0951. The summed E-state index contributed by atoms with van der Waals surface area (Å²) in [6.07, 6.45) is 0. The van der Waals surface area contributed by atoms with E-state index in [-0.39, 0.29) is 11.3 Å². The van der Waals surface area contributed by atoms with Crippen LogP contribution in [-0.2, 0) is 19.0 Å². The topological polar surface area (TPSA) is 46.9 Å². The second-order valence-corrected chi connectivity index (χ2v) is 7.98. The lowest BCUT2D eigenvalue weighted by Crippen LogP contribution is -2.23. The second kappa shape index (κ2) is 6.60. The molecule has 0 atom stereocenters. The first-order chi connectivity index (χ1) is 12.2. The molecule has 0 bridgehead atoms.